The van der Waals surface area contributed by atoms with E-state index in [1.165, 1.54) is 19.3 Å². The van der Waals surface area contributed by atoms with Gasteiger partial charge in [-0.2, -0.15) is 0 Å². The number of nitrogen functional groups attached to an aromatic ring is 1. The Balaban J connectivity index is 1.10. The van der Waals surface area contributed by atoms with Crippen LogP contribution in [0.3, 0.4) is 0 Å². The van der Waals surface area contributed by atoms with E-state index in [4.69, 9.17) is 17.3 Å². The van der Waals surface area contributed by atoms with Crippen LogP contribution in [0.1, 0.15) is 68.6 Å². The van der Waals surface area contributed by atoms with Gasteiger partial charge in [-0.15, -0.1) is 0 Å². The highest BCUT2D eigenvalue weighted by molar-refractivity contribution is 6.33. The molecule has 2 aromatic carbocycles. The molecule has 4 N–H and O–H groups in total. The fourth-order valence-corrected chi connectivity index (χ4v) is 8.16. The summed E-state index contributed by atoms with van der Waals surface area (Å²) < 4.78 is 0. The van der Waals surface area contributed by atoms with Crippen molar-refractivity contribution in [1.82, 2.24) is 24.9 Å². The first kappa shape index (κ1) is 33.4. The maximum atomic E-state index is 14.1. The molecule has 0 radical (unpaired) electrons. The summed E-state index contributed by atoms with van der Waals surface area (Å²) in [6.45, 7) is 7.41. The molecule has 3 saturated heterocycles. The Hall–Kier alpha value is -3.50. The first-order chi connectivity index (χ1) is 22.8. The lowest BCUT2D eigenvalue weighted by molar-refractivity contribution is -0.134. The van der Waals surface area contributed by atoms with Crippen LogP contribution in [0.15, 0.2) is 36.4 Å². The summed E-state index contributed by atoms with van der Waals surface area (Å²) in [6, 6.07) is 11.3. The van der Waals surface area contributed by atoms with Crippen molar-refractivity contribution in [3.8, 4) is 0 Å². The number of benzene rings is 2. The molecule has 0 aliphatic carbocycles. The molecule has 1 atom stereocenters. The molecule has 11 heteroatoms. The largest absolute Gasteiger partial charge is 0.397 e. The number of fused-ring (bicyclic) bond motifs is 1. The number of nitrogens with two attached hydrogens (primary N) is 1. The van der Waals surface area contributed by atoms with Crippen LogP contribution in [-0.4, -0.2) is 102 Å². The maximum absolute atomic E-state index is 14.1. The number of halogens is 1. The number of rotatable bonds is 7. The molecule has 0 saturated carbocycles. The second kappa shape index (κ2) is 15.2. The predicted molar refractivity (Wildman–Crippen MR) is 187 cm³/mol. The lowest BCUT2D eigenvalue weighted by Gasteiger charge is -2.41. The van der Waals surface area contributed by atoms with Gasteiger partial charge in [0.1, 0.15) is 6.04 Å². The third-order valence-electron chi connectivity index (χ3n) is 10.7. The Morgan fingerprint density at radius 3 is 2.34 bits per heavy atom. The number of likely N-dealkylation sites (tertiary alicyclic amines) is 3. The minimum Gasteiger partial charge on any atom is -0.397 e. The van der Waals surface area contributed by atoms with E-state index in [0.717, 1.165) is 61.2 Å². The predicted octanol–water partition coefficient (Wildman–Crippen LogP) is 5.14. The fraction of sp³-hybridized carbons (Fsp3) is 0.583. The molecule has 3 fully saturated rings. The zero-order valence-electron chi connectivity index (χ0n) is 27.7. The quantitative estimate of drug-likeness (QED) is 0.355. The summed E-state index contributed by atoms with van der Waals surface area (Å²) in [5, 5.41) is 6.66. The van der Waals surface area contributed by atoms with Crippen molar-refractivity contribution >= 4 is 40.9 Å². The molecular formula is C36H50ClN7O3. The number of hydrogen-bond donors (Lipinski definition) is 3. The van der Waals surface area contributed by atoms with Gasteiger partial charge in [0.05, 0.1) is 10.7 Å². The molecule has 4 aliphatic heterocycles. The number of nitrogens with zero attached hydrogens (tertiary/aromatic N) is 4. The van der Waals surface area contributed by atoms with Crippen molar-refractivity contribution in [2.24, 2.45) is 0 Å². The van der Waals surface area contributed by atoms with Gasteiger partial charge in [0.2, 0.25) is 5.91 Å². The van der Waals surface area contributed by atoms with E-state index in [0.29, 0.717) is 68.7 Å². The van der Waals surface area contributed by atoms with Crippen molar-refractivity contribution in [2.45, 2.75) is 89.3 Å². The highest BCUT2D eigenvalue weighted by Gasteiger charge is 2.35. The van der Waals surface area contributed by atoms with Gasteiger partial charge in [-0.1, -0.05) is 49.2 Å². The summed E-state index contributed by atoms with van der Waals surface area (Å²) in [7, 11) is 0. The average molecular weight is 664 g/mol. The average Bonchev–Trinajstić information content (AvgIpc) is 3.27. The molecule has 2 aromatic rings. The van der Waals surface area contributed by atoms with Gasteiger partial charge < -0.3 is 36.0 Å². The number of para-hydroxylation sites is 1. The van der Waals surface area contributed by atoms with Crippen LogP contribution in [0.4, 0.5) is 21.0 Å². The lowest BCUT2D eigenvalue weighted by atomic mass is 9.97. The minimum absolute atomic E-state index is 0.0443. The number of urea groups is 2. The molecule has 6 rings (SSSR count). The summed E-state index contributed by atoms with van der Waals surface area (Å²) in [5.74, 6) is -0.0443. The molecule has 4 heterocycles. The van der Waals surface area contributed by atoms with Gasteiger partial charge in [0, 0.05) is 56.9 Å². The Morgan fingerprint density at radius 1 is 0.936 bits per heavy atom. The Bertz CT molecular complexity index is 1430. The van der Waals surface area contributed by atoms with Crippen LogP contribution in [0, 0.1) is 0 Å². The fourth-order valence-electron chi connectivity index (χ4n) is 7.90. The number of carbonyl (C=O) groups is 3. The van der Waals surface area contributed by atoms with E-state index in [9.17, 15) is 14.4 Å². The number of nitrogens with one attached hydrogen (secondary N) is 2. The zero-order valence-corrected chi connectivity index (χ0v) is 28.4. The third kappa shape index (κ3) is 7.81. The van der Waals surface area contributed by atoms with Crippen LogP contribution in [0.2, 0.25) is 5.02 Å². The molecule has 0 spiro atoms. The van der Waals surface area contributed by atoms with Crippen molar-refractivity contribution in [3.05, 3.63) is 58.1 Å². The smallest absolute Gasteiger partial charge is 0.322 e. The number of anilines is 2. The first-order valence-corrected chi connectivity index (χ1v) is 18.0. The molecule has 0 bridgehead atoms. The molecule has 5 amide bonds. The van der Waals surface area contributed by atoms with Crippen molar-refractivity contribution in [2.75, 3.05) is 56.9 Å². The molecule has 0 aromatic heterocycles. The Kier molecular flexibility index (Phi) is 10.8. The highest BCUT2D eigenvalue weighted by Crippen LogP contribution is 2.28. The van der Waals surface area contributed by atoms with Gasteiger partial charge in [-0.05, 0) is 93.3 Å². The van der Waals surface area contributed by atoms with E-state index in [1.54, 1.807) is 4.90 Å². The number of amides is 5. The van der Waals surface area contributed by atoms with Crippen LogP contribution in [0.5, 0.6) is 0 Å². The van der Waals surface area contributed by atoms with Crippen LogP contribution >= 0.6 is 11.6 Å². The van der Waals surface area contributed by atoms with E-state index in [-0.39, 0.29) is 24.0 Å². The number of aryl methyl sites for hydroxylation is 1. The van der Waals surface area contributed by atoms with Gasteiger partial charge in [-0.25, -0.2) is 9.59 Å². The molecule has 0 unspecified atom stereocenters. The standard InChI is InChI=1S/C36H50ClN7O3/c1-2-26-22-25(23-30(37)33(26)38)24-32(34(45)42-17-11-28(12-18-42)41-15-6-3-7-16-41)40-35(46)43-19-13-29(14-20-43)44-21-10-27-8-4-5-9-31(27)39-36(44)47/h4-5,8-9,22-23,28-29,32H,2-3,6-7,10-21,24,38H2,1H3,(H,39,47)(H,40,46)/t32-/m1/s1. The highest BCUT2D eigenvalue weighted by atomic mass is 35.5. The van der Waals surface area contributed by atoms with E-state index in [1.807, 2.05) is 47.1 Å². The van der Waals surface area contributed by atoms with Crippen molar-refractivity contribution < 1.29 is 14.4 Å². The number of piperidine rings is 3. The van der Waals surface area contributed by atoms with Gasteiger partial charge in [-0.3, -0.25) is 4.79 Å². The van der Waals surface area contributed by atoms with E-state index in [2.05, 4.69) is 21.6 Å². The molecule has 254 valence electrons. The summed E-state index contributed by atoms with van der Waals surface area (Å²) in [4.78, 5) is 49.2. The van der Waals surface area contributed by atoms with Crippen molar-refractivity contribution in [1.29, 1.82) is 0 Å². The van der Waals surface area contributed by atoms with E-state index >= 15 is 0 Å². The van der Waals surface area contributed by atoms with Gasteiger partial charge >= 0.3 is 12.1 Å². The Morgan fingerprint density at radius 2 is 1.62 bits per heavy atom. The normalized spacial score (nSPS) is 20.7. The molecule has 10 nitrogen and oxygen atoms in total. The zero-order chi connectivity index (χ0) is 32.9. The molecule has 4 aliphatic rings. The topological polar surface area (TPSA) is 114 Å². The third-order valence-corrected chi connectivity index (χ3v) is 11.0. The van der Waals surface area contributed by atoms with Crippen LogP contribution < -0.4 is 16.4 Å². The van der Waals surface area contributed by atoms with Crippen molar-refractivity contribution in [3.63, 3.8) is 0 Å². The number of hydrogen-bond acceptors (Lipinski definition) is 5. The second-order valence-electron chi connectivity index (χ2n) is 13.6. The van der Waals surface area contributed by atoms with Gasteiger partial charge in [0.25, 0.3) is 0 Å². The van der Waals surface area contributed by atoms with Crippen LogP contribution in [0.25, 0.3) is 0 Å². The van der Waals surface area contributed by atoms with Gasteiger partial charge in [0.15, 0.2) is 0 Å². The number of carbonyl (C=O) groups excluding carboxylic acids is 3. The molecular weight excluding hydrogens is 614 g/mol. The second-order valence-corrected chi connectivity index (χ2v) is 14.0. The van der Waals surface area contributed by atoms with E-state index < -0.39 is 6.04 Å². The van der Waals surface area contributed by atoms with Crippen LogP contribution in [-0.2, 0) is 24.1 Å². The summed E-state index contributed by atoms with van der Waals surface area (Å²) in [6.07, 6.45) is 8.99. The first-order valence-electron chi connectivity index (χ1n) is 17.6. The minimum atomic E-state index is -0.717. The monoisotopic (exact) mass is 663 g/mol. The summed E-state index contributed by atoms with van der Waals surface area (Å²) in [5.41, 5.74) is 10.6. The maximum Gasteiger partial charge on any atom is 0.322 e. The Labute approximate surface area is 283 Å². The summed E-state index contributed by atoms with van der Waals surface area (Å²) >= 11 is 6.50. The molecule has 47 heavy (non-hydrogen) atoms. The lowest BCUT2D eigenvalue weighted by Crippen LogP contribution is -2.57. The SMILES string of the molecule is CCc1cc(C[C@@H](NC(=O)N2CCC(N3CCc4ccccc4NC3=O)CC2)C(=O)N2CCC(N3CCCCC3)CC2)cc(Cl)c1N.